The monoisotopic (exact) mass is 555 g/mol. The van der Waals surface area contributed by atoms with Gasteiger partial charge in [0.05, 0.1) is 19.2 Å². The zero-order valence-corrected chi connectivity index (χ0v) is 22.5. The Bertz CT molecular complexity index is 1570. The second-order valence-electron chi connectivity index (χ2n) is 10.9. The lowest BCUT2D eigenvalue weighted by Crippen LogP contribution is -2.56. The molecule has 2 aromatic rings. The Balaban J connectivity index is 1.29. The Morgan fingerprint density at radius 2 is 1.73 bits per heavy atom. The number of imide groups is 2. The van der Waals surface area contributed by atoms with Crippen LogP contribution >= 0.6 is 0 Å². The molecule has 2 saturated heterocycles. The summed E-state index contributed by atoms with van der Waals surface area (Å²) < 4.78 is 5.27. The summed E-state index contributed by atoms with van der Waals surface area (Å²) in [6.07, 6.45) is 3.63. The molecule has 11 heteroatoms. The second kappa shape index (κ2) is 9.96. The molecule has 7 amide bonds. The van der Waals surface area contributed by atoms with Gasteiger partial charge >= 0.3 is 12.1 Å². The maximum Gasteiger partial charge on any atom is 0.323 e. The number of rotatable bonds is 3. The first-order chi connectivity index (χ1) is 19.7. The van der Waals surface area contributed by atoms with Gasteiger partial charge < -0.3 is 20.3 Å². The van der Waals surface area contributed by atoms with Crippen LogP contribution in [0.2, 0.25) is 0 Å². The van der Waals surface area contributed by atoms with Crippen molar-refractivity contribution in [2.75, 3.05) is 20.2 Å². The maximum absolute atomic E-state index is 13.3. The van der Waals surface area contributed by atoms with Crippen molar-refractivity contribution in [1.82, 2.24) is 26.2 Å². The van der Waals surface area contributed by atoms with Gasteiger partial charge in [-0.05, 0) is 79.1 Å². The van der Waals surface area contributed by atoms with Gasteiger partial charge in [0, 0.05) is 24.1 Å². The smallest absolute Gasteiger partial charge is 0.323 e. The van der Waals surface area contributed by atoms with Gasteiger partial charge in [0.25, 0.3) is 11.8 Å². The highest BCUT2D eigenvalue weighted by Gasteiger charge is 2.48. The minimum absolute atomic E-state index is 0.108. The first-order valence-electron chi connectivity index (χ1n) is 13.6. The van der Waals surface area contributed by atoms with Crippen molar-refractivity contribution in [3.8, 4) is 17.6 Å². The lowest BCUT2D eigenvalue weighted by Gasteiger charge is -2.38. The standard InChI is InChI=1S/C30H29N5O6/c1-41-21-5-6-22-19(16-21)10-14-35(25(22)37)17-30(26(38)32-28(40)34-30)12-8-18-4-7-23-20(15-18)3-2-11-29(23)13-9-24(36)31-27(39)33-29/h4-7,15-16H,2-3,9-11,13-14,17H2,1H3,(H2,31,33,36,39)(H2,32,34,38,40)/t29?,30-/m1/s1. The van der Waals surface area contributed by atoms with E-state index in [1.807, 2.05) is 24.3 Å². The van der Waals surface area contributed by atoms with E-state index in [1.54, 1.807) is 19.2 Å². The predicted octanol–water partition coefficient (Wildman–Crippen LogP) is 1.47. The zero-order valence-electron chi connectivity index (χ0n) is 22.5. The average molecular weight is 556 g/mol. The van der Waals surface area contributed by atoms with Crippen LogP contribution in [0.1, 0.15) is 58.3 Å². The van der Waals surface area contributed by atoms with E-state index in [0.717, 1.165) is 36.0 Å². The molecule has 11 nitrogen and oxygen atoms in total. The zero-order chi connectivity index (χ0) is 28.8. The molecule has 0 bridgehead atoms. The van der Waals surface area contributed by atoms with Gasteiger partial charge in [-0.2, -0.15) is 0 Å². The van der Waals surface area contributed by atoms with Crippen molar-refractivity contribution < 1.29 is 28.7 Å². The van der Waals surface area contributed by atoms with Crippen LogP contribution in [0.3, 0.4) is 0 Å². The fourth-order valence-electron chi connectivity index (χ4n) is 6.26. The van der Waals surface area contributed by atoms with E-state index < -0.39 is 29.0 Å². The Kier molecular flexibility index (Phi) is 6.41. The van der Waals surface area contributed by atoms with Gasteiger partial charge in [-0.25, -0.2) is 9.59 Å². The summed E-state index contributed by atoms with van der Waals surface area (Å²) in [4.78, 5) is 64.4. The lowest BCUT2D eigenvalue weighted by molar-refractivity contribution is -0.122. The molecule has 1 aliphatic carbocycles. The van der Waals surface area contributed by atoms with E-state index in [2.05, 4.69) is 33.1 Å². The molecule has 41 heavy (non-hydrogen) atoms. The second-order valence-corrected chi connectivity index (χ2v) is 10.9. The van der Waals surface area contributed by atoms with Crippen molar-refractivity contribution in [2.24, 2.45) is 0 Å². The Hall–Kier alpha value is -4.85. The largest absolute Gasteiger partial charge is 0.497 e. The van der Waals surface area contributed by atoms with Crippen LogP contribution in [0.5, 0.6) is 5.75 Å². The van der Waals surface area contributed by atoms with E-state index in [-0.39, 0.29) is 24.8 Å². The Morgan fingerprint density at radius 3 is 2.51 bits per heavy atom. The van der Waals surface area contributed by atoms with Crippen LogP contribution in [0.4, 0.5) is 9.59 Å². The van der Waals surface area contributed by atoms with Crippen LogP contribution in [0.15, 0.2) is 36.4 Å². The van der Waals surface area contributed by atoms with E-state index in [4.69, 9.17) is 4.74 Å². The van der Waals surface area contributed by atoms with Crippen molar-refractivity contribution in [3.05, 3.63) is 64.2 Å². The first-order valence-corrected chi connectivity index (χ1v) is 13.6. The number of urea groups is 2. The number of fused-ring (bicyclic) bond motifs is 3. The summed E-state index contributed by atoms with van der Waals surface area (Å²) in [7, 11) is 1.57. The highest BCUT2D eigenvalue weighted by Crippen LogP contribution is 2.40. The molecule has 4 aliphatic rings. The summed E-state index contributed by atoms with van der Waals surface area (Å²) in [6, 6.07) is 9.73. The third-order valence-corrected chi connectivity index (χ3v) is 8.33. The first kappa shape index (κ1) is 26.4. The van der Waals surface area contributed by atoms with Gasteiger partial charge in [0.1, 0.15) is 5.75 Å². The number of benzene rings is 2. The molecule has 1 unspecified atom stereocenters. The molecule has 0 saturated carbocycles. The summed E-state index contributed by atoms with van der Waals surface area (Å²) in [5.74, 6) is 5.53. The number of carbonyl (C=O) groups is 5. The van der Waals surface area contributed by atoms with Crippen LogP contribution in [-0.2, 0) is 28.0 Å². The number of carbonyl (C=O) groups excluding carboxylic acids is 5. The van der Waals surface area contributed by atoms with Crippen LogP contribution in [0.25, 0.3) is 0 Å². The SMILES string of the molecule is COc1ccc2c(c1)CCN(C[C@@]1(C#Cc3ccc4c(c3)CCCC43CCC(=O)NC(=O)N3)NC(=O)NC1=O)C2=O. The molecule has 6 rings (SSSR count). The number of ether oxygens (including phenoxy) is 1. The van der Waals surface area contributed by atoms with Gasteiger partial charge in [-0.15, -0.1) is 0 Å². The quantitative estimate of drug-likeness (QED) is 0.333. The van der Waals surface area contributed by atoms with Gasteiger partial charge in [-0.3, -0.25) is 25.0 Å². The molecule has 4 N–H and O–H groups in total. The molecule has 0 radical (unpaired) electrons. The number of aryl methyl sites for hydroxylation is 1. The topological polar surface area (TPSA) is 146 Å². The predicted molar refractivity (Wildman–Crippen MR) is 146 cm³/mol. The molecule has 2 atom stereocenters. The molecule has 1 spiro atoms. The maximum atomic E-state index is 13.3. The Morgan fingerprint density at radius 1 is 0.902 bits per heavy atom. The third kappa shape index (κ3) is 4.75. The normalized spacial score (nSPS) is 25.1. The molecule has 0 aromatic heterocycles. The van der Waals surface area contributed by atoms with E-state index in [9.17, 15) is 24.0 Å². The lowest BCUT2D eigenvalue weighted by atomic mass is 9.73. The van der Waals surface area contributed by atoms with Gasteiger partial charge in [0.15, 0.2) is 0 Å². The van der Waals surface area contributed by atoms with Gasteiger partial charge in [0.2, 0.25) is 11.4 Å². The number of hydrogen-bond acceptors (Lipinski definition) is 6. The summed E-state index contributed by atoms with van der Waals surface area (Å²) >= 11 is 0. The van der Waals surface area contributed by atoms with Crippen LogP contribution < -0.4 is 26.0 Å². The third-order valence-electron chi connectivity index (χ3n) is 8.33. The average Bonchev–Trinajstić information content (AvgIpc) is 3.15. The van der Waals surface area contributed by atoms with E-state index in [0.29, 0.717) is 36.3 Å². The van der Waals surface area contributed by atoms with Crippen LogP contribution in [-0.4, -0.2) is 60.4 Å². The minimum Gasteiger partial charge on any atom is -0.497 e. The highest BCUT2D eigenvalue weighted by molar-refractivity contribution is 6.10. The number of methoxy groups -OCH3 is 1. The summed E-state index contributed by atoms with van der Waals surface area (Å²) in [6.45, 7) is 0.249. The minimum atomic E-state index is -1.62. The summed E-state index contributed by atoms with van der Waals surface area (Å²) in [5, 5.41) is 10.3. The molecule has 2 fully saturated rings. The molecule has 210 valence electrons. The molecular weight excluding hydrogens is 526 g/mol. The fraction of sp³-hybridized carbons (Fsp3) is 0.367. The van der Waals surface area contributed by atoms with Crippen molar-refractivity contribution in [1.29, 1.82) is 0 Å². The number of hydrogen-bond donors (Lipinski definition) is 4. The van der Waals surface area contributed by atoms with Crippen molar-refractivity contribution >= 4 is 29.8 Å². The molecular formula is C30H29N5O6. The van der Waals surface area contributed by atoms with Gasteiger partial charge in [-0.1, -0.05) is 17.9 Å². The molecule has 3 heterocycles. The molecule has 2 aromatic carbocycles. The highest BCUT2D eigenvalue weighted by atomic mass is 16.5. The fourth-order valence-corrected chi connectivity index (χ4v) is 6.26. The van der Waals surface area contributed by atoms with Crippen molar-refractivity contribution in [2.45, 2.75) is 49.6 Å². The number of amides is 7. The Labute approximate surface area is 236 Å². The van der Waals surface area contributed by atoms with Crippen molar-refractivity contribution in [3.63, 3.8) is 0 Å². The number of nitrogens with zero attached hydrogens (tertiary/aromatic N) is 1. The van der Waals surface area contributed by atoms with Crippen LogP contribution in [0, 0.1) is 11.8 Å². The summed E-state index contributed by atoms with van der Waals surface area (Å²) in [5.41, 5.74) is 1.73. The number of nitrogens with one attached hydrogen (secondary N) is 4. The molecule has 3 aliphatic heterocycles. The van der Waals surface area contributed by atoms with E-state index in [1.165, 1.54) is 4.90 Å². The van der Waals surface area contributed by atoms with E-state index >= 15 is 0 Å².